The van der Waals surface area contributed by atoms with Crippen LogP contribution in [-0.4, -0.2) is 28.6 Å². The van der Waals surface area contributed by atoms with Crippen LogP contribution in [0.3, 0.4) is 0 Å². The zero-order valence-electron chi connectivity index (χ0n) is 16.2. The number of carbonyl (C=O) groups is 1. The second-order valence-electron chi connectivity index (χ2n) is 7.93. The van der Waals surface area contributed by atoms with Gasteiger partial charge >= 0.3 is 0 Å². The number of hydrogen-bond acceptors (Lipinski definition) is 5. The Morgan fingerprint density at radius 2 is 2.07 bits per heavy atom. The Morgan fingerprint density at radius 3 is 2.87 bits per heavy atom. The third-order valence-electron chi connectivity index (χ3n) is 5.99. The quantitative estimate of drug-likeness (QED) is 0.785. The number of ether oxygens (including phenoxy) is 1. The molecule has 1 spiro atoms. The van der Waals surface area contributed by atoms with E-state index in [0.717, 1.165) is 30.2 Å². The van der Waals surface area contributed by atoms with Gasteiger partial charge in [0.2, 0.25) is 5.91 Å². The summed E-state index contributed by atoms with van der Waals surface area (Å²) in [5, 5.41) is 6.34. The molecule has 1 amide bonds. The molecule has 0 bridgehead atoms. The van der Waals surface area contributed by atoms with Gasteiger partial charge in [0.25, 0.3) is 0 Å². The van der Waals surface area contributed by atoms with Crippen molar-refractivity contribution < 1.29 is 18.3 Å². The summed E-state index contributed by atoms with van der Waals surface area (Å²) >= 11 is 1.29. The van der Waals surface area contributed by atoms with Crippen molar-refractivity contribution in [3.63, 3.8) is 0 Å². The highest BCUT2D eigenvalue weighted by molar-refractivity contribution is 8.15. The molecule has 0 aromatic heterocycles. The van der Waals surface area contributed by atoms with Crippen LogP contribution in [0.1, 0.15) is 36.8 Å². The van der Waals surface area contributed by atoms with Crippen molar-refractivity contribution in [2.75, 3.05) is 6.61 Å². The van der Waals surface area contributed by atoms with Crippen molar-refractivity contribution in [1.82, 2.24) is 5.01 Å². The van der Waals surface area contributed by atoms with E-state index in [9.17, 15) is 13.6 Å². The van der Waals surface area contributed by atoms with Crippen molar-refractivity contribution in [1.29, 1.82) is 0 Å². The highest BCUT2D eigenvalue weighted by Gasteiger charge is 2.53. The average Bonchev–Trinajstić information content (AvgIpc) is 3.34. The van der Waals surface area contributed by atoms with Crippen molar-refractivity contribution in [3.05, 3.63) is 65.2 Å². The highest BCUT2D eigenvalue weighted by Crippen LogP contribution is 2.55. The molecule has 2 N–H and O–H groups in total. The molecule has 5 nitrogen and oxygen atoms in total. The molecule has 2 heterocycles. The third-order valence-corrected chi connectivity index (χ3v) is 7.42. The maximum atomic E-state index is 14.5. The van der Waals surface area contributed by atoms with Gasteiger partial charge in [0.05, 0.1) is 6.61 Å². The molecule has 2 aliphatic heterocycles. The number of amides is 1. The monoisotopic (exact) mass is 429 g/mol. The predicted molar refractivity (Wildman–Crippen MR) is 111 cm³/mol. The second-order valence-corrected chi connectivity index (χ2v) is 9.20. The van der Waals surface area contributed by atoms with E-state index in [2.05, 4.69) is 5.10 Å². The lowest BCUT2D eigenvalue weighted by Crippen LogP contribution is -2.46. The number of para-hydroxylation sites is 1. The van der Waals surface area contributed by atoms with Crippen LogP contribution in [0.4, 0.5) is 8.78 Å². The van der Waals surface area contributed by atoms with E-state index in [1.165, 1.54) is 16.8 Å². The number of thioether (sulfide) groups is 1. The topological polar surface area (TPSA) is 67.9 Å². The van der Waals surface area contributed by atoms with Gasteiger partial charge in [-0.1, -0.05) is 30.0 Å². The molecule has 1 aliphatic carbocycles. The molecule has 2 aromatic carbocycles. The van der Waals surface area contributed by atoms with Gasteiger partial charge in [0.15, 0.2) is 0 Å². The van der Waals surface area contributed by atoms with Gasteiger partial charge in [-0.25, -0.2) is 13.8 Å². The number of nitrogens with zero attached hydrogens (tertiary/aromatic N) is 2. The minimum absolute atomic E-state index is 0.00348. The van der Waals surface area contributed by atoms with Crippen molar-refractivity contribution in [2.45, 2.75) is 36.6 Å². The van der Waals surface area contributed by atoms with Gasteiger partial charge < -0.3 is 10.5 Å². The highest BCUT2D eigenvalue weighted by atomic mass is 32.2. The Morgan fingerprint density at radius 1 is 1.23 bits per heavy atom. The largest absolute Gasteiger partial charge is 0.493 e. The summed E-state index contributed by atoms with van der Waals surface area (Å²) in [5.41, 5.74) is 6.91. The van der Waals surface area contributed by atoms with E-state index < -0.39 is 16.5 Å². The Kier molecular flexibility index (Phi) is 4.78. The maximum Gasteiger partial charge on any atom is 0.247 e. The fourth-order valence-corrected chi connectivity index (χ4v) is 5.87. The van der Waals surface area contributed by atoms with Gasteiger partial charge in [0, 0.05) is 29.5 Å². The van der Waals surface area contributed by atoms with Crippen LogP contribution < -0.4 is 10.5 Å². The summed E-state index contributed by atoms with van der Waals surface area (Å²) in [7, 11) is 0. The molecule has 1 saturated carbocycles. The van der Waals surface area contributed by atoms with Gasteiger partial charge in [-0.15, -0.1) is 0 Å². The summed E-state index contributed by atoms with van der Waals surface area (Å²) in [6.07, 6.45) is 2.59. The Labute approximate surface area is 177 Å². The lowest BCUT2D eigenvalue weighted by molar-refractivity contribution is -0.139. The number of hydrogen-bond donors (Lipinski definition) is 1. The number of carbonyl (C=O) groups excluding carboxylic acids is 1. The Bertz CT molecular complexity index is 1050. The number of halogens is 2. The summed E-state index contributed by atoms with van der Waals surface area (Å²) in [4.78, 5) is 12.7. The average molecular weight is 429 g/mol. The van der Waals surface area contributed by atoms with Crippen LogP contribution in [-0.2, 0) is 9.67 Å². The van der Waals surface area contributed by atoms with Gasteiger partial charge in [-0.2, -0.15) is 5.10 Å². The first-order valence-corrected chi connectivity index (χ1v) is 10.8. The summed E-state index contributed by atoms with van der Waals surface area (Å²) in [6.45, 7) is 0.395. The molecule has 3 atom stereocenters. The molecular formula is C22H21F2N3O2S. The normalized spacial score (nSPS) is 27.7. The number of rotatable bonds is 2. The van der Waals surface area contributed by atoms with Crippen LogP contribution in [0.2, 0.25) is 0 Å². The molecule has 5 rings (SSSR count). The van der Waals surface area contributed by atoms with E-state index in [1.54, 1.807) is 0 Å². The van der Waals surface area contributed by atoms with Crippen molar-refractivity contribution >= 4 is 22.7 Å². The summed E-state index contributed by atoms with van der Waals surface area (Å²) in [6, 6.07) is 10.8. The molecule has 0 saturated heterocycles. The first-order chi connectivity index (χ1) is 14.5. The first kappa shape index (κ1) is 19.5. The van der Waals surface area contributed by atoms with E-state index >= 15 is 0 Å². The molecule has 30 heavy (non-hydrogen) atoms. The minimum Gasteiger partial charge on any atom is -0.493 e. The maximum absolute atomic E-state index is 14.5. The van der Waals surface area contributed by atoms with Crippen LogP contribution in [0.25, 0.3) is 0 Å². The zero-order chi connectivity index (χ0) is 20.9. The number of nitrogens with two attached hydrogens (primary N) is 1. The van der Waals surface area contributed by atoms with Gasteiger partial charge in [-0.05, 0) is 43.5 Å². The van der Waals surface area contributed by atoms with Crippen LogP contribution >= 0.6 is 11.8 Å². The number of fused-ring (bicyclic) bond motifs is 2. The molecule has 156 valence electrons. The van der Waals surface area contributed by atoms with E-state index in [1.807, 2.05) is 24.3 Å². The van der Waals surface area contributed by atoms with E-state index in [4.69, 9.17) is 10.5 Å². The van der Waals surface area contributed by atoms with E-state index in [0.29, 0.717) is 36.7 Å². The Hall–Kier alpha value is -2.45. The fourth-order valence-electron chi connectivity index (χ4n) is 4.48. The lowest BCUT2D eigenvalue weighted by Gasteiger charge is -2.40. The molecule has 0 radical (unpaired) electrons. The molecule has 1 fully saturated rings. The smallest absolute Gasteiger partial charge is 0.247 e. The predicted octanol–water partition coefficient (Wildman–Crippen LogP) is 3.96. The fraction of sp³-hybridized carbons (Fsp3) is 0.364. The van der Waals surface area contributed by atoms with E-state index in [-0.39, 0.29) is 23.4 Å². The molecule has 2 aromatic rings. The standard InChI is InChI=1S/C22H21F2N3O2S/c23-14-6-8-18(24)16(12-14)20-26-27(21(28)13-5-7-15(25)11-13)22(30-20)9-10-29-19-4-2-1-3-17(19)22/h1-4,6,8,12-13,15H,5,7,9-11,25H2/t13-,15-,22?/m1/s1. The molecule has 1 unspecified atom stereocenters. The minimum atomic E-state index is -0.854. The molecule has 3 aliphatic rings. The lowest BCUT2D eigenvalue weighted by atomic mass is 9.97. The van der Waals surface area contributed by atoms with Gasteiger partial charge in [-0.3, -0.25) is 4.79 Å². The molecular weight excluding hydrogens is 408 g/mol. The number of benzene rings is 2. The Balaban J connectivity index is 1.62. The molecule has 8 heteroatoms. The van der Waals surface area contributed by atoms with Gasteiger partial charge in [0.1, 0.15) is 27.3 Å². The van der Waals surface area contributed by atoms with Crippen molar-refractivity contribution in [2.24, 2.45) is 16.8 Å². The van der Waals surface area contributed by atoms with Crippen LogP contribution in [0, 0.1) is 17.6 Å². The second kappa shape index (κ2) is 7.35. The summed E-state index contributed by atoms with van der Waals surface area (Å²) in [5.74, 6) is -0.807. The van der Waals surface area contributed by atoms with Crippen LogP contribution in [0.15, 0.2) is 47.6 Å². The summed E-state index contributed by atoms with van der Waals surface area (Å²) < 4.78 is 34.2. The number of hydrazone groups is 1. The van der Waals surface area contributed by atoms with Crippen LogP contribution in [0.5, 0.6) is 5.75 Å². The SMILES string of the molecule is N[C@@H]1CC[C@@H](C(=O)N2N=C(c3cc(F)ccc3F)SC23CCOc2ccccc23)C1. The first-order valence-electron chi connectivity index (χ1n) is 10.0. The third kappa shape index (κ3) is 3.09. The van der Waals surface area contributed by atoms with Crippen molar-refractivity contribution in [3.8, 4) is 5.75 Å². The zero-order valence-corrected chi connectivity index (χ0v) is 17.0.